The molecule has 0 spiro atoms. The van der Waals surface area contributed by atoms with Crippen LogP contribution in [0.4, 0.5) is 0 Å². The summed E-state index contributed by atoms with van der Waals surface area (Å²) in [4.78, 5) is 24.8. The second kappa shape index (κ2) is 5.75. The van der Waals surface area contributed by atoms with Gasteiger partial charge in [-0.05, 0) is 0 Å². The topological polar surface area (TPSA) is 69.6 Å². The molecule has 2 N–H and O–H groups in total. The van der Waals surface area contributed by atoms with E-state index in [1.807, 2.05) is 6.07 Å². The van der Waals surface area contributed by atoms with Gasteiger partial charge in [-0.15, -0.1) is 0 Å². The molecule has 96 valence electrons. The first-order chi connectivity index (χ1) is 8.68. The first-order valence-corrected chi connectivity index (χ1v) is 5.94. The minimum atomic E-state index is -0.886. The molecular weight excluding hydrogens is 232 g/mol. The van der Waals surface area contributed by atoms with Crippen molar-refractivity contribution in [3.05, 3.63) is 35.9 Å². The van der Waals surface area contributed by atoms with Gasteiger partial charge in [0.25, 0.3) is 0 Å². The van der Waals surface area contributed by atoms with Crippen LogP contribution in [0, 0.1) is 0 Å². The Balaban J connectivity index is 2.03. The summed E-state index contributed by atoms with van der Waals surface area (Å²) < 4.78 is 0. The Morgan fingerprint density at radius 2 is 2.06 bits per heavy atom. The van der Waals surface area contributed by atoms with E-state index in [1.54, 1.807) is 29.2 Å². The number of carbonyl (C=O) groups is 2. The Hall–Kier alpha value is -1.72. The number of Topliss-reactive ketones (excluding diaryl/α,β-unsaturated/α-hetero) is 1. The quantitative estimate of drug-likeness (QED) is 0.746. The van der Waals surface area contributed by atoms with Crippen molar-refractivity contribution in [1.29, 1.82) is 0 Å². The SMILES string of the molecule is O=C(CN1CCNCC1C(=O)O)c1ccccc1. The molecule has 2 rings (SSSR count). The van der Waals surface area contributed by atoms with Gasteiger partial charge in [0, 0.05) is 25.2 Å². The summed E-state index contributed by atoms with van der Waals surface area (Å²) in [6, 6.07) is 8.34. The highest BCUT2D eigenvalue weighted by Gasteiger charge is 2.29. The molecule has 1 unspecified atom stereocenters. The molecular formula is C13H16N2O3. The van der Waals surface area contributed by atoms with E-state index in [0.717, 1.165) is 0 Å². The number of carbonyl (C=O) groups excluding carboxylic acids is 1. The fourth-order valence-electron chi connectivity index (χ4n) is 2.08. The van der Waals surface area contributed by atoms with Crippen LogP contribution in [0.25, 0.3) is 0 Å². The van der Waals surface area contributed by atoms with Crippen molar-refractivity contribution in [2.45, 2.75) is 6.04 Å². The lowest BCUT2D eigenvalue weighted by Gasteiger charge is -2.32. The van der Waals surface area contributed by atoms with Crippen molar-refractivity contribution < 1.29 is 14.7 Å². The zero-order valence-electron chi connectivity index (χ0n) is 10.0. The van der Waals surface area contributed by atoms with Crippen LogP contribution in [0.2, 0.25) is 0 Å². The molecule has 1 aromatic rings. The lowest BCUT2D eigenvalue weighted by atomic mass is 10.1. The molecule has 1 atom stereocenters. The summed E-state index contributed by atoms with van der Waals surface area (Å²) in [5.74, 6) is -0.924. The average Bonchev–Trinajstić information content (AvgIpc) is 2.40. The van der Waals surface area contributed by atoms with Gasteiger partial charge in [-0.3, -0.25) is 14.5 Å². The van der Waals surface area contributed by atoms with Crippen LogP contribution < -0.4 is 5.32 Å². The molecule has 0 aliphatic carbocycles. The van der Waals surface area contributed by atoms with Crippen LogP contribution in [-0.4, -0.2) is 54.0 Å². The molecule has 1 aromatic carbocycles. The number of hydrogen-bond acceptors (Lipinski definition) is 4. The predicted molar refractivity (Wildman–Crippen MR) is 66.6 cm³/mol. The van der Waals surface area contributed by atoms with E-state index in [-0.39, 0.29) is 12.3 Å². The van der Waals surface area contributed by atoms with Crippen LogP contribution in [0.1, 0.15) is 10.4 Å². The summed E-state index contributed by atoms with van der Waals surface area (Å²) in [5.41, 5.74) is 0.625. The number of piperazine rings is 1. The number of benzene rings is 1. The Kier molecular flexibility index (Phi) is 4.07. The second-order valence-corrected chi connectivity index (χ2v) is 4.32. The third kappa shape index (κ3) is 2.94. The highest BCUT2D eigenvalue weighted by molar-refractivity contribution is 5.97. The van der Waals surface area contributed by atoms with Gasteiger partial charge in [0.1, 0.15) is 6.04 Å². The van der Waals surface area contributed by atoms with E-state index < -0.39 is 12.0 Å². The molecule has 5 nitrogen and oxygen atoms in total. The number of nitrogens with zero attached hydrogens (tertiary/aromatic N) is 1. The van der Waals surface area contributed by atoms with E-state index in [0.29, 0.717) is 25.2 Å². The van der Waals surface area contributed by atoms with Gasteiger partial charge < -0.3 is 10.4 Å². The molecule has 0 bridgehead atoms. The highest BCUT2D eigenvalue weighted by Crippen LogP contribution is 2.07. The monoisotopic (exact) mass is 248 g/mol. The zero-order valence-corrected chi connectivity index (χ0v) is 10.0. The van der Waals surface area contributed by atoms with Crippen molar-refractivity contribution in [2.75, 3.05) is 26.2 Å². The Morgan fingerprint density at radius 3 is 2.72 bits per heavy atom. The maximum atomic E-state index is 12.0. The largest absolute Gasteiger partial charge is 0.480 e. The van der Waals surface area contributed by atoms with Crippen molar-refractivity contribution in [1.82, 2.24) is 10.2 Å². The minimum Gasteiger partial charge on any atom is -0.480 e. The van der Waals surface area contributed by atoms with Gasteiger partial charge in [0.15, 0.2) is 5.78 Å². The maximum Gasteiger partial charge on any atom is 0.322 e. The summed E-state index contributed by atoms with van der Waals surface area (Å²) in [5, 5.41) is 12.1. The van der Waals surface area contributed by atoms with Crippen molar-refractivity contribution in [2.24, 2.45) is 0 Å². The summed E-state index contributed by atoms with van der Waals surface area (Å²) >= 11 is 0. The van der Waals surface area contributed by atoms with E-state index in [2.05, 4.69) is 5.32 Å². The third-order valence-corrected chi connectivity index (χ3v) is 3.08. The van der Waals surface area contributed by atoms with Crippen LogP contribution in [0.3, 0.4) is 0 Å². The molecule has 1 aliphatic heterocycles. The van der Waals surface area contributed by atoms with Crippen molar-refractivity contribution >= 4 is 11.8 Å². The molecule has 1 fully saturated rings. The predicted octanol–water partition coefficient (Wildman–Crippen LogP) is 0.228. The first kappa shape index (κ1) is 12.7. The summed E-state index contributed by atoms with van der Waals surface area (Å²) in [6.07, 6.45) is 0. The van der Waals surface area contributed by atoms with Crippen molar-refractivity contribution in [3.8, 4) is 0 Å². The van der Waals surface area contributed by atoms with Gasteiger partial charge in [-0.1, -0.05) is 30.3 Å². The lowest BCUT2D eigenvalue weighted by molar-refractivity contribution is -0.143. The maximum absolute atomic E-state index is 12.0. The van der Waals surface area contributed by atoms with Crippen LogP contribution in [0.5, 0.6) is 0 Å². The zero-order chi connectivity index (χ0) is 13.0. The number of carboxylic acids is 1. The van der Waals surface area contributed by atoms with Crippen LogP contribution >= 0.6 is 0 Å². The molecule has 0 aromatic heterocycles. The number of nitrogens with one attached hydrogen (secondary N) is 1. The molecule has 0 saturated carbocycles. The molecule has 1 aliphatic rings. The molecule has 18 heavy (non-hydrogen) atoms. The van der Waals surface area contributed by atoms with Crippen LogP contribution in [-0.2, 0) is 4.79 Å². The van der Waals surface area contributed by atoms with E-state index in [1.165, 1.54) is 0 Å². The Bertz CT molecular complexity index is 433. The first-order valence-electron chi connectivity index (χ1n) is 5.94. The van der Waals surface area contributed by atoms with E-state index in [9.17, 15) is 9.59 Å². The van der Waals surface area contributed by atoms with Gasteiger partial charge in [0.2, 0.25) is 0 Å². The average molecular weight is 248 g/mol. The standard InChI is InChI=1S/C13H16N2O3/c16-12(10-4-2-1-3-5-10)9-15-7-6-14-8-11(15)13(17)18/h1-5,11,14H,6-9H2,(H,17,18). The summed E-state index contributed by atoms with van der Waals surface area (Å²) in [7, 11) is 0. The molecule has 0 radical (unpaired) electrons. The fourth-order valence-corrected chi connectivity index (χ4v) is 2.08. The van der Waals surface area contributed by atoms with Gasteiger partial charge in [0.05, 0.1) is 6.54 Å². The summed E-state index contributed by atoms with van der Waals surface area (Å²) in [6.45, 7) is 1.83. The number of carboxylic acid groups (broad SMARTS) is 1. The van der Waals surface area contributed by atoms with Crippen LogP contribution in [0.15, 0.2) is 30.3 Å². The van der Waals surface area contributed by atoms with Gasteiger partial charge >= 0.3 is 5.97 Å². The number of hydrogen-bond donors (Lipinski definition) is 2. The van der Waals surface area contributed by atoms with E-state index in [4.69, 9.17) is 5.11 Å². The smallest absolute Gasteiger partial charge is 0.322 e. The van der Waals surface area contributed by atoms with E-state index >= 15 is 0 Å². The normalized spacial score (nSPS) is 20.6. The highest BCUT2D eigenvalue weighted by atomic mass is 16.4. The number of aliphatic carboxylic acids is 1. The third-order valence-electron chi connectivity index (χ3n) is 3.08. The Morgan fingerprint density at radius 1 is 1.33 bits per heavy atom. The lowest BCUT2D eigenvalue weighted by Crippen LogP contribution is -2.56. The van der Waals surface area contributed by atoms with Gasteiger partial charge in [-0.25, -0.2) is 0 Å². The Labute approximate surface area is 105 Å². The molecule has 1 heterocycles. The molecule has 0 amide bonds. The second-order valence-electron chi connectivity index (χ2n) is 4.32. The fraction of sp³-hybridized carbons (Fsp3) is 0.385. The number of ketones is 1. The molecule has 1 saturated heterocycles. The number of rotatable bonds is 4. The minimum absolute atomic E-state index is 0.0382. The van der Waals surface area contributed by atoms with Crippen molar-refractivity contribution in [3.63, 3.8) is 0 Å². The molecule has 5 heteroatoms. The van der Waals surface area contributed by atoms with Gasteiger partial charge in [-0.2, -0.15) is 0 Å².